The second kappa shape index (κ2) is 10.5. The average Bonchev–Trinajstić information content (AvgIpc) is 2.49. The first-order valence-corrected chi connectivity index (χ1v) is 8.80. The van der Waals surface area contributed by atoms with Gasteiger partial charge in [0.15, 0.2) is 5.96 Å². The van der Waals surface area contributed by atoms with Crippen LogP contribution in [-0.2, 0) is 11.2 Å². The zero-order valence-corrected chi connectivity index (χ0v) is 18.3. The fraction of sp³-hybridized carbons (Fsp3) is 0.611. The molecular weight excluding hydrogens is 445 g/mol. The molecule has 1 fully saturated rings. The Hall–Kier alpha value is -1.58. The standard InChI is InChI=1S/C18H29N5O2.HI/c1-5-19-16(21-11-9-14-8-6-7-10-20-14)22-15-12-23(13-15)17(24)25-18(2,3)4;/h6-8,10,15H,5,9,11-13H2,1-4H3,(H2,19,21,22);1H. The van der Waals surface area contributed by atoms with E-state index in [-0.39, 0.29) is 36.1 Å². The van der Waals surface area contributed by atoms with Gasteiger partial charge in [-0.3, -0.25) is 9.98 Å². The minimum Gasteiger partial charge on any atom is -0.444 e. The predicted octanol–water partition coefficient (Wildman–Crippen LogP) is 2.42. The summed E-state index contributed by atoms with van der Waals surface area (Å²) in [5.41, 5.74) is 0.569. The Kier molecular flexibility index (Phi) is 9.11. The van der Waals surface area contributed by atoms with E-state index >= 15 is 0 Å². The van der Waals surface area contributed by atoms with Crippen molar-refractivity contribution in [1.82, 2.24) is 20.5 Å². The van der Waals surface area contributed by atoms with Crippen LogP contribution in [0, 0.1) is 0 Å². The Morgan fingerprint density at radius 1 is 1.38 bits per heavy atom. The largest absolute Gasteiger partial charge is 0.444 e. The number of rotatable bonds is 5. The van der Waals surface area contributed by atoms with Gasteiger partial charge in [0.25, 0.3) is 0 Å². The van der Waals surface area contributed by atoms with E-state index in [0.29, 0.717) is 19.6 Å². The van der Waals surface area contributed by atoms with Crippen LogP contribution in [0.1, 0.15) is 33.4 Å². The molecule has 0 atom stereocenters. The molecule has 2 N–H and O–H groups in total. The quantitative estimate of drug-likeness (QED) is 0.389. The summed E-state index contributed by atoms with van der Waals surface area (Å²) in [6.07, 6.45) is 2.33. The van der Waals surface area contributed by atoms with Gasteiger partial charge in [0.1, 0.15) is 5.60 Å². The summed E-state index contributed by atoms with van der Waals surface area (Å²) in [6, 6.07) is 6.08. The smallest absolute Gasteiger partial charge is 0.410 e. The topological polar surface area (TPSA) is 78.9 Å². The fourth-order valence-corrected chi connectivity index (χ4v) is 2.39. The van der Waals surface area contributed by atoms with Crippen LogP contribution < -0.4 is 10.6 Å². The van der Waals surface area contributed by atoms with E-state index in [1.54, 1.807) is 11.1 Å². The van der Waals surface area contributed by atoms with Crippen LogP contribution in [-0.4, -0.2) is 59.8 Å². The molecule has 146 valence electrons. The van der Waals surface area contributed by atoms with Crippen molar-refractivity contribution in [2.45, 2.75) is 45.8 Å². The molecule has 1 aromatic rings. The molecule has 1 aliphatic heterocycles. The molecule has 0 radical (unpaired) electrons. The van der Waals surface area contributed by atoms with Gasteiger partial charge in [-0.25, -0.2) is 4.79 Å². The first kappa shape index (κ1) is 22.5. The molecule has 1 amide bonds. The van der Waals surface area contributed by atoms with Crippen LogP contribution in [0.3, 0.4) is 0 Å². The number of ether oxygens (including phenoxy) is 1. The van der Waals surface area contributed by atoms with E-state index in [4.69, 9.17) is 4.74 Å². The Balaban J connectivity index is 0.00000338. The van der Waals surface area contributed by atoms with Crippen LogP contribution >= 0.6 is 24.0 Å². The zero-order valence-electron chi connectivity index (χ0n) is 16.0. The van der Waals surface area contributed by atoms with Gasteiger partial charge < -0.3 is 20.3 Å². The van der Waals surface area contributed by atoms with Crippen LogP contribution in [0.2, 0.25) is 0 Å². The lowest BCUT2D eigenvalue weighted by molar-refractivity contribution is 0.00701. The van der Waals surface area contributed by atoms with Crippen molar-refractivity contribution in [3.05, 3.63) is 30.1 Å². The molecule has 0 aromatic carbocycles. The first-order valence-electron chi connectivity index (χ1n) is 8.80. The van der Waals surface area contributed by atoms with Crippen LogP contribution in [0.4, 0.5) is 4.79 Å². The van der Waals surface area contributed by atoms with Crippen LogP contribution in [0.25, 0.3) is 0 Å². The Bertz CT molecular complexity index is 583. The van der Waals surface area contributed by atoms with E-state index in [2.05, 4.69) is 20.6 Å². The van der Waals surface area contributed by atoms with Crippen molar-refractivity contribution in [2.24, 2.45) is 4.99 Å². The van der Waals surface area contributed by atoms with Gasteiger partial charge in [-0.15, -0.1) is 24.0 Å². The SMILES string of the molecule is CCNC(=NCCc1ccccn1)NC1CN(C(=O)OC(C)(C)C)C1.I. The molecule has 7 nitrogen and oxygen atoms in total. The van der Waals surface area contributed by atoms with Crippen molar-refractivity contribution in [2.75, 3.05) is 26.2 Å². The molecule has 2 heterocycles. The summed E-state index contributed by atoms with van der Waals surface area (Å²) in [6.45, 7) is 10.4. The number of aromatic nitrogens is 1. The minimum absolute atomic E-state index is 0. The summed E-state index contributed by atoms with van der Waals surface area (Å²) < 4.78 is 5.36. The minimum atomic E-state index is -0.461. The number of likely N-dealkylation sites (tertiary alicyclic amines) is 1. The molecule has 0 aliphatic carbocycles. The normalized spacial score (nSPS) is 14.9. The number of hydrogen-bond donors (Lipinski definition) is 2. The number of pyridine rings is 1. The molecule has 0 unspecified atom stereocenters. The van der Waals surface area contributed by atoms with Gasteiger partial charge in [0, 0.05) is 44.5 Å². The number of nitrogens with one attached hydrogen (secondary N) is 2. The summed E-state index contributed by atoms with van der Waals surface area (Å²) in [5.74, 6) is 0.771. The summed E-state index contributed by atoms with van der Waals surface area (Å²) in [4.78, 5) is 22.5. The maximum absolute atomic E-state index is 12.0. The monoisotopic (exact) mass is 475 g/mol. The first-order chi connectivity index (χ1) is 11.9. The van der Waals surface area contributed by atoms with E-state index in [9.17, 15) is 4.79 Å². The number of nitrogens with zero attached hydrogens (tertiary/aromatic N) is 3. The highest BCUT2D eigenvalue weighted by atomic mass is 127. The lowest BCUT2D eigenvalue weighted by Gasteiger charge is -2.40. The van der Waals surface area contributed by atoms with E-state index in [0.717, 1.165) is 24.6 Å². The number of aliphatic imine (C=N–C) groups is 1. The van der Waals surface area contributed by atoms with E-state index < -0.39 is 5.60 Å². The third-order valence-corrected chi connectivity index (χ3v) is 3.58. The van der Waals surface area contributed by atoms with Crippen molar-refractivity contribution >= 4 is 36.0 Å². The molecule has 8 heteroatoms. The van der Waals surface area contributed by atoms with Gasteiger partial charge in [-0.2, -0.15) is 0 Å². The number of carbonyl (C=O) groups is 1. The van der Waals surface area contributed by atoms with Crippen LogP contribution in [0.5, 0.6) is 0 Å². The highest BCUT2D eigenvalue weighted by molar-refractivity contribution is 14.0. The highest BCUT2D eigenvalue weighted by Crippen LogP contribution is 2.15. The number of carbonyl (C=O) groups excluding carboxylic acids is 1. The number of halogens is 1. The number of hydrogen-bond acceptors (Lipinski definition) is 4. The van der Waals surface area contributed by atoms with Crippen molar-refractivity contribution in [3.8, 4) is 0 Å². The second-order valence-corrected chi connectivity index (χ2v) is 7.06. The van der Waals surface area contributed by atoms with E-state index in [1.807, 2.05) is 45.9 Å². The molecular formula is C18H30IN5O2. The van der Waals surface area contributed by atoms with Crippen molar-refractivity contribution in [1.29, 1.82) is 0 Å². The lowest BCUT2D eigenvalue weighted by atomic mass is 10.1. The zero-order chi connectivity index (χ0) is 18.3. The average molecular weight is 475 g/mol. The van der Waals surface area contributed by atoms with Gasteiger partial charge in [0.2, 0.25) is 0 Å². The number of amides is 1. The molecule has 2 rings (SSSR count). The maximum Gasteiger partial charge on any atom is 0.410 e. The fourth-order valence-electron chi connectivity index (χ4n) is 2.39. The third kappa shape index (κ3) is 7.76. The van der Waals surface area contributed by atoms with Gasteiger partial charge >= 0.3 is 6.09 Å². The Morgan fingerprint density at radius 2 is 2.12 bits per heavy atom. The Labute approximate surface area is 173 Å². The van der Waals surface area contributed by atoms with Gasteiger partial charge in [-0.1, -0.05) is 6.07 Å². The lowest BCUT2D eigenvalue weighted by Crippen LogP contribution is -2.63. The molecule has 1 aromatic heterocycles. The van der Waals surface area contributed by atoms with Crippen molar-refractivity contribution < 1.29 is 9.53 Å². The Morgan fingerprint density at radius 3 is 2.69 bits per heavy atom. The van der Waals surface area contributed by atoms with Crippen LogP contribution in [0.15, 0.2) is 29.4 Å². The molecule has 26 heavy (non-hydrogen) atoms. The summed E-state index contributed by atoms with van der Waals surface area (Å²) in [5, 5.41) is 6.59. The third-order valence-electron chi connectivity index (χ3n) is 3.58. The maximum atomic E-state index is 12.0. The predicted molar refractivity (Wildman–Crippen MR) is 114 cm³/mol. The van der Waals surface area contributed by atoms with Crippen molar-refractivity contribution in [3.63, 3.8) is 0 Å². The summed E-state index contributed by atoms with van der Waals surface area (Å²) in [7, 11) is 0. The molecule has 1 aliphatic rings. The van der Waals surface area contributed by atoms with Gasteiger partial charge in [0.05, 0.1) is 6.04 Å². The molecule has 1 saturated heterocycles. The highest BCUT2D eigenvalue weighted by Gasteiger charge is 2.34. The molecule has 0 saturated carbocycles. The molecule has 0 bridgehead atoms. The second-order valence-electron chi connectivity index (χ2n) is 7.06. The van der Waals surface area contributed by atoms with Gasteiger partial charge in [-0.05, 0) is 39.8 Å². The summed E-state index contributed by atoms with van der Waals surface area (Å²) >= 11 is 0. The molecule has 0 spiro atoms. The van der Waals surface area contributed by atoms with E-state index in [1.165, 1.54) is 0 Å². The number of guanidine groups is 1.